The van der Waals surface area contributed by atoms with E-state index in [9.17, 15) is 9.59 Å². The van der Waals surface area contributed by atoms with E-state index in [4.69, 9.17) is 5.73 Å². The number of esters is 1. The van der Waals surface area contributed by atoms with Crippen molar-refractivity contribution < 1.29 is 14.3 Å². The number of carbonyl (C=O) groups is 2. The van der Waals surface area contributed by atoms with Crippen molar-refractivity contribution in [3.8, 4) is 11.1 Å². The van der Waals surface area contributed by atoms with Gasteiger partial charge >= 0.3 is 5.97 Å². The van der Waals surface area contributed by atoms with Crippen LogP contribution < -0.4 is 5.73 Å². The van der Waals surface area contributed by atoms with E-state index in [1.165, 1.54) is 7.11 Å². The van der Waals surface area contributed by atoms with E-state index >= 15 is 0 Å². The predicted molar refractivity (Wildman–Crippen MR) is 85.6 cm³/mol. The van der Waals surface area contributed by atoms with Gasteiger partial charge in [-0.2, -0.15) is 0 Å². The van der Waals surface area contributed by atoms with E-state index < -0.39 is 12.0 Å². The van der Waals surface area contributed by atoms with Gasteiger partial charge in [0.1, 0.15) is 6.04 Å². The van der Waals surface area contributed by atoms with Gasteiger partial charge in [-0.15, -0.1) is 0 Å². The van der Waals surface area contributed by atoms with Crippen LogP contribution in [-0.2, 0) is 16.0 Å². The standard InChI is InChI=1S/C18H19NO3/c1-12(20)14-7-9-16(10-8-14)15-5-3-13(4-6-15)11-17(19)18(21)22-2/h3-10,17H,11,19H2,1-2H3/t17-/m1/s1. The smallest absolute Gasteiger partial charge is 0.322 e. The Balaban J connectivity index is 2.11. The van der Waals surface area contributed by atoms with E-state index in [-0.39, 0.29) is 5.78 Å². The molecule has 0 bridgehead atoms. The molecule has 22 heavy (non-hydrogen) atoms. The van der Waals surface area contributed by atoms with Gasteiger partial charge in [0.25, 0.3) is 0 Å². The van der Waals surface area contributed by atoms with Crippen molar-refractivity contribution in [3.63, 3.8) is 0 Å². The second kappa shape index (κ2) is 7.00. The summed E-state index contributed by atoms with van der Waals surface area (Å²) in [7, 11) is 1.33. The molecule has 0 aliphatic heterocycles. The monoisotopic (exact) mass is 297 g/mol. The minimum atomic E-state index is -0.647. The Morgan fingerprint density at radius 3 is 1.95 bits per heavy atom. The van der Waals surface area contributed by atoms with Crippen LogP contribution in [-0.4, -0.2) is 24.9 Å². The summed E-state index contributed by atoms with van der Waals surface area (Å²) in [5.41, 5.74) is 9.50. The maximum absolute atomic E-state index is 11.3. The van der Waals surface area contributed by atoms with Gasteiger partial charge in [-0.3, -0.25) is 9.59 Å². The molecule has 2 aromatic carbocycles. The lowest BCUT2D eigenvalue weighted by atomic mass is 9.99. The molecule has 0 fully saturated rings. The average Bonchev–Trinajstić information content (AvgIpc) is 2.54. The van der Waals surface area contributed by atoms with Crippen LogP contribution in [0.5, 0.6) is 0 Å². The number of hydrogen-bond donors (Lipinski definition) is 1. The molecule has 0 unspecified atom stereocenters. The predicted octanol–water partition coefficient (Wildman–Crippen LogP) is 2.60. The Kier molecular flexibility index (Phi) is 5.07. The van der Waals surface area contributed by atoms with Crippen molar-refractivity contribution in [2.75, 3.05) is 7.11 Å². The maximum atomic E-state index is 11.3. The van der Waals surface area contributed by atoms with E-state index in [0.29, 0.717) is 12.0 Å². The first-order valence-corrected chi connectivity index (χ1v) is 7.05. The summed E-state index contributed by atoms with van der Waals surface area (Å²) < 4.78 is 4.62. The molecule has 2 aromatic rings. The normalized spacial score (nSPS) is 11.8. The first kappa shape index (κ1) is 15.9. The van der Waals surface area contributed by atoms with Crippen molar-refractivity contribution >= 4 is 11.8 Å². The molecule has 0 radical (unpaired) electrons. The summed E-state index contributed by atoms with van der Waals surface area (Å²) in [6, 6.07) is 14.7. The maximum Gasteiger partial charge on any atom is 0.322 e. The molecule has 0 aliphatic rings. The summed E-state index contributed by atoms with van der Waals surface area (Å²) in [6.07, 6.45) is 0.441. The van der Waals surface area contributed by atoms with Crippen LogP contribution in [0.1, 0.15) is 22.8 Å². The number of Topliss-reactive ketones (excluding diaryl/α,β-unsaturated/α-hetero) is 1. The molecule has 1 atom stereocenters. The van der Waals surface area contributed by atoms with Gasteiger partial charge in [-0.25, -0.2) is 0 Å². The summed E-state index contributed by atoms with van der Waals surface area (Å²) in [5, 5.41) is 0. The SMILES string of the molecule is COC(=O)[C@H](N)Cc1ccc(-c2ccc(C(C)=O)cc2)cc1. The van der Waals surface area contributed by atoms with Gasteiger partial charge < -0.3 is 10.5 Å². The van der Waals surface area contributed by atoms with Gasteiger partial charge in [0.05, 0.1) is 7.11 Å². The highest BCUT2D eigenvalue weighted by atomic mass is 16.5. The molecule has 0 aliphatic carbocycles. The third kappa shape index (κ3) is 3.80. The quantitative estimate of drug-likeness (QED) is 0.680. The van der Waals surface area contributed by atoms with E-state index in [1.807, 2.05) is 48.5 Å². The Labute approximate surface area is 129 Å². The molecule has 114 valence electrons. The highest BCUT2D eigenvalue weighted by Gasteiger charge is 2.14. The van der Waals surface area contributed by atoms with Gasteiger partial charge in [0, 0.05) is 5.56 Å². The zero-order chi connectivity index (χ0) is 16.1. The van der Waals surface area contributed by atoms with E-state index in [2.05, 4.69) is 4.74 Å². The first-order chi connectivity index (χ1) is 10.5. The number of methoxy groups -OCH3 is 1. The van der Waals surface area contributed by atoms with Crippen LogP contribution in [0.4, 0.5) is 0 Å². The fourth-order valence-corrected chi connectivity index (χ4v) is 2.22. The van der Waals surface area contributed by atoms with Crippen LogP contribution in [0.25, 0.3) is 11.1 Å². The molecule has 0 amide bonds. The van der Waals surface area contributed by atoms with Crippen molar-refractivity contribution in [3.05, 3.63) is 59.7 Å². The van der Waals surface area contributed by atoms with Crippen LogP contribution in [0.2, 0.25) is 0 Å². The molecule has 0 heterocycles. The summed E-state index contributed by atoms with van der Waals surface area (Å²) >= 11 is 0. The number of hydrogen-bond acceptors (Lipinski definition) is 4. The highest BCUT2D eigenvalue weighted by molar-refractivity contribution is 5.94. The lowest BCUT2D eigenvalue weighted by Crippen LogP contribution is -2.33. The van der Waals surface area contributed by atoms with Crippen LogP contribution in [0, 0.1) is 0 Å². The second-order valence-electron chi connectivity index (χ2n) is 5.16. The number of benzene rings is 2. The van der Waals surface area contributed by atoms with Gasteiger partial charge in [-0.05, 0) is 30.0 Å². The minimum absolute atomic E-state index is 0.0543. The van der Waals surface area contributed by atoms with Crippen molar-refractivity contribution in [2.45, 2.75) is 19.4 Å². The molecular weight excluding hydrogens is 278 g/mol. The summed E-state index contributed by atoms with van der Waals surface area (Å²) in [5.74, 6) is -0.359. The topological polar surface area (TPSA) is 69.4 Å². The Bertz CT molecular complexity index is 660. The second-order valence-corrected chi connectivity index (χ2v) is 5.16. The number of carbonyl (C=O) groups excluding carboxylic acids is 2. The Morgan fingerprint density at radius 2 is 1.50 bits per heavy atom. The van der Waals surface area contributed by atoms with Gasteiger partial charge in [0.15, 0.2) is 5.78 Å². The number of rotatable bonds is 5. The minimum Gasteiger partial charge on any atom is -0.468 e. The van der Waals surface area contributed by atoms with E-state index in [1.54, 1.807) is 6.92 Å². The third-order valence-electron chi connectivity index (χ3n) is 3.54. The lowest BCUT2D eigenvalue weighted by Gasteiger charge is -2.10. The fraction of sp³-hybridized carbons (Fsp3) is 0.222. The number of ketones is 1. The molecule has 0 spiro atoms. The number of nitrogens with two attached hydrogens (primary N) is 1. The van der Waals surface area contributed by atoms with Crippen molar-refractivity contribution in [1.82, 2.24) is 0 Å². The molecule has 2 N–H and O–H groups in total. The van der Waals surface area contributed by atoms with Gasteiger partial charge in [-0.1, -0.05) is 48.5 Å². The summed E-state index contributed by atoms with van der Waals surface area (Å²) in [6.45, 7) is 1.55. The molecule has 0 saturated carbocycles. The molecule has 2 rings (SSSR count). The van der Waals surface area contributed by atoms with Crippen LogP contribution in [0.3, 0.4) is 0 Å². The zero-order valence-corrected chi connectivity index (χ0v) is 12.7. The van der Waals surface area contributed by atoms with Gasteiger partial charge in [0.2, 0.25) is 0 Å². The largest absolute Gasteiger partial charge is 0.468 e. The Hall–Kier alpha value is -2.46. The highest BCUT2D eigenvalue weighted by Crippen LogP contribution is 2.21. The lowest BCUT2D eigenvalue weighted by molar-refractivity contribution is -0.142. The van der Waals surface area contributed by atoms with Crippen molar-refractivity contribution in [1.29, 1.82) is 0 Å². The summed E-state index contributed by atoms with van der Waals surface area (Å²) in [4.78, 5) is 22.6. The van der Waals surface area contributed by atoms with Crippen molar-refractivity contribution in [2.24, 2.45) is 5.73 Å². The molecule has 0 aromatic heterocycles. The third-order valence-corrected chi connectivity index (χ3v) is 3.54. The zero-order valence-electron chi connectivity index (χ0n) is 12.7. The molecule has 0 saturated heterocycles. The van der Waals surface area contributed by atoms with Crippen LogP contribution in [0.15, 0.2) is 48.5 Å². The van der Waals surface area contributed by atoms with E-state index in [0.717, 1.165) is 16.7 Å². The van der Waals surface area contributed by atoms with Crippen LogP contribution >= 0.6 is 0 Å². The first-order valence-electron chi connectivity index (χ1n) is 7.05. The Morgan fingerprint density at radius 1 is 1.00 bits per heavy atom. The fourth-order valence-electron chi connectivity index (χ4n) is 2.22. The molecule has 4 nitrogen and oxygen atoms in total. The number of ether oxygens (including phenoxy) is 1. The molecular formula is C18H19NO3. The average molecular weight is 297 g/mol. The molecule has 4 heteroatoms.